The zero-order valence-electron chi connectivity index (χ0n) is 15.0. The van der Waals surface area contributed by atoms with Crippen LogP contribution in [0.4, 0.5) is 0 Å². The topological polar surface area (TPSA) is 18.5 Å². The zero-order chi connectivity index (χ0) is 17.0. The predicted molar refractivity (Wildman–Crippen MR) is 98.3 cm³/mol. The van der Waals surface area contributed by atoms with E-state index in [4.69, 9.17) is 9.47 Å². The molecule has 0 spiro atoms. The van der Waals surface area contributed by atoms with Crippen LogP contribution < -0.4 is 24.0 Å². The number of hydrogen-bond donors (Lipinski definition) is 0. The molecular weight excluding hydrogens is 445 g/mol. The molecule has 25 heavy (non-hydrogen) atoms. The summed E-state index contributed by atoms with van der Waals surface area (Å²) in [4.78, 5) is 2.50. The Morgan fingerprint density at radius 2 is 1.52 bits per heavy atom. The second kappa shape index (κ2) is 9.37. The van der Waals surface area contributed by atoms with Crippen LogP contribution >= 0.6 is 11.8 Å². The summed E-state index contributed by atoms with van der Waals surface area (Å²) in [6.07, 6.45) is 0.235. The molecular formula is C20H26INO2S. The van der Waals surface area contributed by atoms with Gasteiger partial charge in [-0.2, -0.15) is 0 Å². The first-order valence-electron chi connectivity index (χ1n) is 8.36. The number of hydrogen-bond acceptors (Lipinski definition) is 3. The van der Waals surface area contributed by atoms with Crippen molar-refractivity contribution >= 4 is 11.8 Å². The molecule has 2 aromatic rings. The van der Waals surface area contributed by atoms with Crippen LogP contribution in [0.1, 0.15) is 11.7 Å². The van der Waals surface area contributed by atoms with E-state index in [1.807, 2.05) is 6.07 Å². The third kappa shape index (κ3) is 6.57. The highest BCUT2D eigenvalue weighted by molar-refractivity contribution is 7.99. The van der Waals surface area contributed by atoms with Gasteiger partial charge in [-0.05, 0) is 29.8 Å². The van der Waals surface area contributed by atoms with E-state index in [1.54, 1.807) is 11.8 Å². The van der Waals surface area contributed by atoms with E-state index in [0.717, 1.165) is 11.0 Å². The minimum atomic E-state index is 0. The van der Waals surface area contributed by atoms with Crippen molar-refractivity contribution in [2.75, 3.05) is 40.9 Å². The molecule has 0 radical (unpaired) electrons. The SMILES string of the molecule is C[N+](C)(C)C[C@@H]1CO[C@@H](c2ccc(Sc3ccccc3)cc2)CO1.[I-]. The average molecular weight is 471 g/mol. The van der Waals surface area contributed by atoms with Crippen LogP contribution in [0.15, 0.2) is 64.4 Å². The van der Waals surface area contributed by atoms with Gasteiger partial charge in [0.15, 0.2) is 0 Å². The summed E-state index contributed by atoms with van der Waals surface area (Å²) < 4.78 is 12.9. The monoisotopic (exact) mass is 471 g/mol. The molecule has 1 aliphatic rings. The summed E-state index contributed by atoms with van der Waals surface area (Å²) in [7, 11) is 6.54. The highest BCUT2D eigenvalue weighted by Crippen LogP contribution is 2.30. The fraction of sp³-hybridized carbons (Fsp3) is 0.400. The van der Waals surface area contributed by atoms with Crippen molar-refractivity contribution in [2.45, 2.75) is 22.0 Å². The van der Waals surface area contributed by atoms with Crippen LogP contribution in [0.5, 0.6) is 0 Å². The molecule has 136 valence electrons. The van der Waals surface area contributed by atoms with E-state index < -0.39 is 0 Å². The Morgan fingerprint density at radius 3 is 2.08 bits per heavy atom. The number of nitrogens with zero attached hydrogens (tertiary/aromatic N) is 1. The summed E-state index contributed by atoms with van der Waals surface area (Å²) in [5, 5.41) is 0. The normalized spacial score (nSPS) is 20.8. The van der Waals surface area contributed by atoms with Crippen molar-refractivity contribution in [1.82, 2.24) is 0 Å². The number of quaternary nitrogens is 1. The van der Waals surface area contributed by atoms with Gasteiger partial charge in [0.25, 0.3) is 0 Å². The van der Waals surface area contributed by atoms with E-state index in [2.05, 4.69) is 69.7 Å². The van der Waals surface area contributed by atoms with Crippen molar-refractivity contribution in [1.29, 1.82) is 0 Å². The van der Waals surface area contributed by atoms with Gasteiger partial charge in [-0.3, -0.25) is 0 Å². The number of likely N-dealkylation sites (N-methyl/N-ethyl adjacent to an activating group) is 1. The first kappa shape index (κ1) is 20.7. The average Bonchev–Trinajstić information content (AvgIpc) is 2.56. The summed E-state index contributed by atoms with van der Waals surface area (Å²) in [5.41, 5.74) is 1.19. The second-order valence-corrected chi connectivity index (χ2v) is 8.38. The molecule has 0 saturated carbocycles. The van der Waals surface area contributed by atoms with Gasteiger partial charge >= 0.3 is 0 Å². The predicted octanol–water partition coefficient (Wildman–Crippen LogP) is 1.00. The number of halogens is 1. The van der Waals surface area contributed by atoms with Crippen molar-refractivity contribution in [3.63, 3.8) is 0 Å². The Bertz CT molecular complexity index is 635. The standard InChI is InChI=1S/C20H26NO2S.HI/c1-21(2,3)13-17-14-23-20(15-22-17)16-9-11-19(12-10-16)24-18-7-5-4-6-8-18;/h4-12,17,20H,13-15H2,1-3H3;1H/q+1;/p-1/t17-,20-;/m1./s1. The maximum Gasteiger partial charge on any atom is 0.130 e. The van der Waals surface area contributed by atoms with Crippen molar-refractivity contribution in [3.05, 3.63) is 60.2 Å². The maximum atomic E-state index is 6.04. The van der Waals surface area contributed by atoms with Crippen LogP contribution in [-0.2, 0) is 9.47 Å². The zero-order valence-corrected chi connectivity index (χ0v) is 18.0. The molecule has 0 amide bonds. The largest absolute Gasteiger partial charge is 1.00 e. The number of ether oxygens (including phenoxy) is 2. The molecule has 1 heterocycles. The molecule has 2 atom stereocenters. The van der Waals surface area contributed by atoms with E-state index in [-0.39, 0.29) is 36.2 Å². The van der Waals surface area contributed by atoms with Crippen LogP contribution in [0, 0.1) is 0 Å². The molecule has 0 unspecified atom stereocenters. The van der Waals surface area contributed by atoms with Gasteiger partial charge in [0.05, 0.1) is 34.4 Å². The molecule has 3 nitrogen and oxygen atoms in total. The maximum absolute atomic E-state index is 6.04. The van der Waals surface area contributed by atoms with E-state index in [9.17, 15) is 0 Å². The van der Waals surface area contributed by atoms with Crippen LogP contribution in [-0.4, -0.2) is 51.5 Å². The third-order valence-corrected chi connectivity index (χ3v) is 4.96. The fourth-order valence-electron chi connectivity index (χ4n) is 2.83. The minimum absolute atomic E-state index is 0. The number of rotatable bonds is 5. The van der Waals surface area contributed by atoms with Gasteiger partial charge in [-0.25, -0.2) is 0 Å². The van der Waals surface area contributed by atoms with Gasteiger partial charge in [0.1, 0.15) is 18.8 Å². The first-order valence-corrected chi connectivity index (χ1v) is 9.18. The smallest absolute Gasteiger partial charge is 0.130 e. The van der Waals surface area contributed by atoms with Crippen LogP contribution in [0.2, 0.25) is 0 Å². The lowest BCUT2D eigenvalue weighted by Gasteiger charge is -2.34. The van der Waals surface area contributed by atoms with Gasteiger partial charge in [0.2, 0.25) is 0 Å². The Kier molecular flexibility index (Phi) is 7.76. The second-order valence-electron chi connectivity index (χ2n) is 7.23. The van der Waals surface area contributed by atoms with Crippen LogP contribution in [0.3, 0.4) is 0 Å². The van der Waals surface area contributed by atoms with Crippen LogP contribution in [0.25, 0.3) is 0 Å². The Labute approximate surface area is 172 Å². The number of benzene rings is 2. The lowest BCUT2D eigenvalue weighted by atomic mass is 10.1. The molecule has 1 saturated heterocycles. The van der Waals surface area contributed by atoms with Gasteiger partial charge in [-0.1, -0.05) is 42.1 Å². The fourth-order valence-corrected chi connectivity index (χ4v) is 3.66. The van der Waals surface area contributed by atoms with Gasteiger partial charge in [0, 0.05) is 9.79 Å². The molecule has 3 rings (SSSR count). The van der Waals surface area contributed by atoms with Crippen molar-refractivity contribution < 1.29 is 37.9 Å². The molecule has 5 heteroatoms. The highest BCUT2D eigenvalue weighted by atomic mass is 127. The first-order chi connectivity index (χ1) is 11.5. The summed E-state index contributed by atoms with van der Waals surface area (Å²) in [6.45, 7) is 2.27. The summed E-state index contributed by atoms with van der Waals surface area (Å²) in [6, 6.07) is 19.1. The lowest BCUT2D eigenvalue weighted by Crippen LogP contribution is -3.00. The summed E-state index contributed by atoms with van der Waals surface area (Å²) in [5.74, 6) is 0. The van der Waals surface area contributed by atoms with Crippen molar-refractivity contribution in [2.24, 2.45) is 0 Å². The molecule has 0 aromatic heterocycles. The Hall–Kier alpha value is -0.600. The van der Waals surface area contributed by atoms with E-state index in [0.29, 0.717) is 13.2 Å². The minimum Gasteiger partial charge on any atom is -1.00 e. The van der Waals surface area contributed by atoms with E-state index >= 15 is 0 Å². The molecule has 0 aliphatic carbocycles. The Morgan fingerprint density at radius 1 is 0.880 bits per heavy atom. The molecule has 1 aliphatic heterocycles. The molecule has 0 bridgehead atoms. The van der Waals surface area contributed by atoms with Gasteiger partial charge < -0.3 is 37.9 Å². The van der Waals surface area contributed by atoms with E-state index in [1.165, 1.54) is 15.4 Å². The van der Waals surface area contributed by atoms with Gasteiger partial charge in [-0.15, -0.1) is 0 Å². The highest BCUT2D eigenvalue weighted by Gasteiger charge is 2.27. The van der Waals surface area contributed by atoms with Crippen molar-refractivity contribution in [3.8, 4) is 0 Å². The third-order valence-electron chi connectivity index (χ3n) is 3.95. The molecule has 1 fully saturated rings. The summed E-state index contributed by atoms with van der Waals surface area (Å²) >= 11 is 1.78. The Balaban J connectivity index is 0.00000225. The molecule has 0 N–H and O–H groups in total. The quantitative estimate of drug-likeness (QED) is 0.479. The lowest BCUT2D eigenvalue weighted by molar-refractivity contribution is -0.874. The molecule has 2 aromatic carbocycles.